The monoisotopic (exact) mass is 246 g/mol. The minimum Gasteiger partial charge on any atom is -0.383 e. The molecule has 72 valence electrons. The number of nitrogens with one attached hydrogen (secondary N) is 1. The number of halogens is 1. The predicted octanol–water partition coefficient (Wildman–Crippen LogP) is 2.18. The molecule has 0 amide bonds. The van der Waals surface area contributed by atoms with Crippen molar-refractivity contribution < 1.29 is 4.92 Å². The van der Waals surface area contributed by atoms with E-state index >= 15 is 0 Å². The Morgan fingerprint density at radius 1 is 1.69 bits per heavy atom. The van der Waals surface area contributed by atoms with Gasteiger partial charge in [0.15, 0.2) is 0 Å². The van der Waals surface area contributed by atoms with Crippen LogP contribution in [-0.2, 0) is 0 Å². The summed E-state index contributed by atoms with van der Waals surface area (Å²) in [6.07, 6.45) is 2.98. The lowest BCUT2D eigenvalue weighted by atomic mass is 10.3. The number of allylic oxidation sites excluding steroid dienone is 3. The molecule has 0 aromatic rings. The molecule has 13 heavy (non-hydrogen) atoms. The smallest absolute Gasteiger partial charge is 0.293 e. The average molecular weight is 247 g/mol. The zero-order chi connectivity index (χ0) is 10.4. The van der Waals surface area contributed by atoms with E-state index in [-0.39, 0.29) is 5.70 Å². The van der Waals surface area contributed by atoms with Gasteiger partial charge in [-0.2, -0.15) is 0 Å². The van der Waals surface area contributed by atoms with E-state index in [1.54, 1.807) is 20.0 Å². The molecule has 0 saturated heterocycles. The van der Waals surface area contributed by atoms with Crippen LogP contribution in [-0.4, -0.2) is 12.0 Å². The van der Waals surface area contributed by atoms with Crippen molar-refractivity contribution in [2.45, 2.75) is 6.92 Å². The number of likely N-dealkylation sites (N-methyl/N-ethyl adjacent to an activating group) is 1. The van der Waals surface area contributed by atoms with E-state index in [4.69, 9.17) is 0 Å². The Morgan fingerprint density at radius 3 is 2.46 bits per heavy atom. The third-order valence-electron chi connectivity index (χ3n) is 1.32. The Morgan fingerprint density at radius 2 is 2.23 bits per heavy atom. The second-order valence-corrected chi connectivity index (χ2v) is 3.20. The third-order valence-corrected chi connectivity index (χ3v) is 1.55. The quantitative estimate of drug-likeness (QED) is 0.470. The highest BCUT2D eigenvalue weighted by Gasteiger charge is 2.14. The van der Waals surface area contributed by atoms with E-state index in [1.807, 2.05) is 0 Å². The number of hydrogen-bond acceptors (Lipinski definition) is 3. The topological polar surface area (TPSA) is 55.2 Å². The van der Waals surface area contributed by atoms with Gasteiger partial charge in [-0.15, -0.1) is 0 Å². The maximum Gasteiger partial charge on any atom is 0.293 e. The molecule has 0 radical (unpaired) electrons. The van der Waals surface area contributed by atoms with Crippen LogP contribution in [0.25, 0.3) is 0 Å². The SMILES string of the molecule is C=C(Br)/C=C(\C(=C/C)NC)[N+](=O)[O-]. The van der Waals surface area contributed by atoms with Crippen molar-refractivity contribution in [2.24, 2.45) is 0 Å². The molecule has 0 aliphatic carbocycles. The van der Waals surface area contributed by atoms with Gasteiger partial charge in [0, 0.05) is 17.6 Å². The maximum atomic E-state index is 10.6. The zero-order valence-corrected chi connectivity index (χ0v) is 9.09. The van der Waals surface area contributed by atoms with Crippen LogP contribution in [0.1, 0.15) is 6.92 Å². The first-order valence-electron chi connectivity index (χ1n) is 3.57. The molecule has 0 aromatic carbocycles. The molecule has 4 nitrogen and oxygen atoms in total. The first-order valence-corrected chi connectivity index (χ1v) is 4.37. The minimum atomic E-state index is -0.460. The maximum absolute atomic E-state index is 10.6. The van der Waals surface area contributed by atoms with Gasteiger partial charge < -0.3 is 5.32 Å². The van der Waals surface area contributed by atoms with Crippen LogP contribution in [0.5, 0.6) is 0 Å². The molecule has 1 N–H and O–H groups in total. The van der Waals surface area contributed by atoms with Crippen molar-refractivity contribution in [3.05, 3.63) is 44.7 Å². The molecule has 0 atom stereocenters. The minimum absolute atomic E-state index is 0.00752. The van der Waals surface area contributed by atoms with Crippen LogP contribution in [0.15, 0.2) is 34.6 Å². The molecule has 0 fully saturated rings. The summed E-state index contributed by atoms with van der Waals surface area (Å²) in [5.41, 5.74) is 0.456. The van der Waals surface area contributed by atoms with E-state index in [0.29, 0.717) is 10.2 Å². The number of nitro groups is 1. The lowest BCUT2D eigenvalue weighted by Crippen LogP contribution is -2.13. The van der Waals surface area contributed by atoms with Gasteiger partial charge in [0.2, 0.25) is 0 Å². The van der Waals surface area contributed by atoms with Crippen LogP contribution in [0.2, 0.25) is 0 Å². The lowest BCUT2D eigenvalue weighted by molar-refractivity contribution is -0.421. The van der Waals surface area contributed by atoms with Crippen LogP contribution >= 0.6 is 15.9 Å². The van der Waals surface area contributed by atoms with Gasteiger partial charge >= 0.3 is 0 Å². The Balaban J connectivity index is 5.03. The standard InChI is InChI=1S/C8H11BrN2O2/c1-4-7(10-3)8(11(12)13)5-6(2)9/h4-5,10H,2H2,1,3H3/b7-4+,8-5+. The van der Waals surface area contributed by atoms with Crippen molar-refractivity contribution in [3.8, 4) is 0 Å². The molecule has 0 rings (SSSR count). The lowest BCUT2D eigenvalue weighted by Gasteiger charge is -2.02. The van der Waals surface area contributed by atoms with E-state index < -0.39 is 4.92 Å². The largest absolute Gasteiger partial charge is 0.383 e. The summed E-state index contributed by atoms with van der Waals surface area (Å²) in [5, 5.41) is 13.3. The molecule has 0 heterocycles. The summed E-state index contributed by atoms with van der Waals surface area (Å²) in [5.74, 6) is 0. The van der Waals surface area contributed by atoms with Gasteiger partial charge in [0.25, 0.3) is 5.70 Å². The van der Waals surface area contributed by atoms with Crippen LogP contribution in [0.3, 0.4) is 0 Å². The van der Waals surface area contributed by atoms with Gasteiger partial charge in [-0.05, 0) is 6.92 Å². The molecule has 0 saturated carbocycles. The highest BCUT2D eigenvalue weighted by molar-refractivity contribution is 9.11. The first kappa shape index (κ1) is 11.9. The van der Waals surface area contributed by atoms with Gasteiger partial charge in [-0.3, -0.25) is 10.1 Å². The van der Waals surface area contributed by atoms with E-state index in [2.05, 4.69) is 27.8 Å². The summed E-state index contributed by atoms with van der Waals surface area (Å²) >= 11 is 3.04. The van der Waals surface area contributed by atoms with Crippen molar-refractivity contribution >= 4 is 15.9 Å². The Bertz CT molecular complexity index is 282. The summed E-state index contributed by atoms with van der Waals surface area (Å²) in [7, 11) is 1.63. The average Bonchev–Trinajstić information content (AvgIpc) is 2.04. The molecule has 0 aliphatic rings. The van der Waals surface area contributed by atoms with Gasteiger partial charge in [0.05, 0.1) is 4.92 Å². The molecule has 5 heteroatoms. The van der Waals surface area contributed by atoms with Crippen molar-refractivity contribution in [3.63, 3.8) is 0 Å². The molecule has 0 aliphatic heterocycles. The predicted molar refractivity (Wildman–Crippen MR) is 56.0 cm³/mol. The normalized spacial score (nSPS) is 12.5. The fourth-order valence-electron chi connectivity index (χ4n) is 0.797. The van der Waals surface area contributed by atoms with Gasteiger partial charge in [0.1, 0.15) is 5.70 Å². The van der Waals surface area contributed by atoms with Crippen LogP contribution in [0.4, 0.5) is 0 Å². The van der Waals surface area contributed by atoms with Gasteiger partial charge in [-0.1, -0.05) is 28.6 Å². The molecule has 0 bridgehead atoms. The number of hydrogen-bond donors (Lipinski definition) is 1. The van der Waals surface area contributed by atoms with Gasteiger partial charge in [-0.25, -0.2) is 0 Å². The summed E-state index contributed by atoms with van der Waals surface area (Å²) in [6, 6.07) is 0. The number of nitrogens with zero attached hydrogens (tertiary/aromatic N) is 1. The van der Waals surface area contributed by atoms with E-state index in [1.165, 1.54) is 6.08 Å². The van der Waals surface area contributed by atoms with Crippen LogP contribution in [0, 0.1) is 10.1 Å². The zero-order valence-electron chi connectivity index (χ0n) is 7.50. The van der Waals surface area contributed by atoms with Crippen molar-refractivity contribution in [1.29, 1.82) is 0 Å². The van der Waals surface area contributed by atoms with E-state index in [0.717, 1.165) is 0 Å². The Hall–Kier alpha value is -1.10. The third kappa shape index (κ3) is 3.89. The molecule has 0 aromatic heterocycles. The van der Waals surface area contributed by atoms with E-state index in [9.17, 15) is 10.1 Å². The number of rotatable bonds is 4. The fourth-order valence-corrected chi connectivity index (χ4v) is 1.01. The second kappa shape index (κ2) is 5.53. The Labute approximate surface area is 85.3 Å². The fraction of sp³-hybridized carbons (Fsp3) is 0.250. The van der Waals surface area contributed by atoms with Crippen LogP contribution < -0.4 is 5.32 Å². The second-order valence-electron chi connectivity index (χ2n) is 2.19. The first-order chi connectivity index (χ1) is 6.02. The highest BCUT2D eigenvalue weighted by atomic mass is 79.9. The Kier molecular flexibility index (Phi) is 5.06. The molecular weight excluding hydrogens is 236 g/mol. The summed E-state index contributed by atoms with van der Waals surface area (Å²) < 4.78 is 0.466. The highest BCUT2D eigenvalue weighted by Crippen LogP contribution is 2.13. The summed E-state index contributed by atoms with van der Waals surface area (Å²) in [4.78, 5) is 10.1. The van der Waals surface area contributed by atoms with Crippen molar-refractivity contribution in [2.75, 3.05) is 7.05 Å². The molecule has 0 unspecified atom stereocenters. The van der Waals surface area contributed by atoms with Crippen molar-refractivity contribution in [1.82, 2.24) is 5.32 Å². The summed E-state index contributed by atoms with van der Waals surface area (Å²) in [6.45, 7) is 5.23. The molecule has 0 spiro atoms. The molecular formula is C8H11BrN2O2.